The number of aliphatic carboxylic acids is 1. The molecular formula is C11H12N2O4. The summed E-state index contributed by atoms with van der Waals surface area (Å²) in [6, 6.07) is 0.468. The molecule has 0 bridgehead atoms. The second kappa shape index (κ2) is 3.86. The summed E-state index contributed by atoms with van der Waals surface area (Å²) in [6.07, 6.45) is 0.745. The summed E-state index contributed by atoms with van der Waals surface area (Å²) < 4.78 is 0. The predicted molar refractivity (Wildman–Crippen MR) is 55.5 cm³/mol. The van der Waals surface area contributed by atoms with Crippen LogP contribution in [0.5, 0.6) is 0 Å². The molecule has 6 nitrogen and oxygen atoms in total. The van der Waals surface area contributed by atoms with Crippen LogP contribution in [0.3, 0.4) is 0 Å². The van der Waals surface area contributed by atoms with Crippen molar-refractivity contribution in [3.8, 4) is 6.07 Å². The first-order chi connectivity index (χ1) is 7.99. The third kappa shape index (κ3) is 1.51. The number of carboxylic acid groups (broad SMARTS) is 1. The highest BCUT2D eigenvalue weighted by Gasteiger charge is 2.59. The van der Waals surface area contributed by atoms with Crippen molar-refractivity contribution in [1.29, 1.82) is 5.26 Å². The van der Waals surface area contributed by atoms with Crippen molar-refractivity contribution in [2.24, 2.45) is 5.92 Å². The molecular weight excluding hydrogens is 224 g/mol. The lowest BCUT2D eigenvalue weighted by Crippen LogP contribution is -2.64. The fraction of sp³-hybridized carbons (Fsp3) is 0.545. The number of fused-ring (bicyclic) bond motifs is 1. The van der Waals surface area contributed by atoms with Gasteiger partial charge in [-0.25, -0.2) is 4.79 Å². The summed E-state index contributed by atoms with van der Waals surface area (Å²) >= 11 is 0. The van der Waals surface area contributed by atoms with Crippen LogP contribution in [0.2, 0.25) is 0 Å². The quantitative estimate of drug-likeness (QED) is 0.497. The van der Waals surface area contributed by atoms with E-state index in [0.29, 0.717) is 12.0 Å². The number of aliphatic hydroxyl groups excluding tert-OH is 1. The van der Waals surface area contributed by atoms with E-state index in [1.165, 1.54) is 17.9 Å². The number of aliphatic hydroxyl groups is 1. The van der Waals surface area contributed by atoms with Crippen LogP contribution in [-0.2, 0) is 9.59 Å². The molecule has 2 N–H and O–H groups in total. The third-order valence-corrected chi connectivity index (χ3v) is 3.39. The predicted octanol–water partition coefficient (Wildman–Crippen LogP) is -0.499. The normalized spacial score (nSPS) is 35.1. The highest BCUT2D eigenvalue weighted by Crippen LogP contribution is 2.43. The Hall–Kier alpha value is -1.87. The molecule has 1 amide bonds. The second-order valence-electron chi connectivity index (χ2n) is 4.37. The summed E-state index contributed by atoms with van der Waals surface area (Å²) in [6.45, 7) is 1.52. The minimum atomic E-state index is -1.13. The first-order valence-corrected chi connectivity index (χ1v) is 5.30. The molecule has 2 aliphatic heterocycles. The van der Waals surface area contributed by atoms with Crippen LogP contribution in [0.4, 0.5) is 0 Å². The number of amides is 1. The number of carbonyl (C=O) groups is 2. The van der Waals surface area contributed by atoms with Gasteiger partial charge in [-0.15, -0.1) is 0 Å². The van der Waals surface area contributed by atoms with Gasteiger partial charge in [-0.2, -0.15) is 5.26 Å². The molecule has 90 valence electrons. The molecule has 2 heterocycles. The standard InChI is InChI=1S/C11H12N2O4/c1-5(14)8-7-4-6(2-3-12)9(11(16)17)13(7)10(8)15/h2,5,7-9,14H,4H2,1H3,(H,16,17)/b6-2+/t5-,7-,8-,9-/m1/s1. The molecule has 0 aromatic rings. The molecule has 0 aliphatic carbocycles. The number of carbonyl (C=O) groups excluding carboxylic acids is 1. The monoisotopic (exact) mass is 236 g/mol. The number of nitriles is 1. The van der Waals surface area contributed by atoms with Crippen molar-refractivity contribution in [2.75, 3.05) is 0 Å². The van der Waals surface area contributed by atoms with E-state index in [9.17, 15) is 14.7 Å². The van der Waals surface area contributed by atoms with Crippen molar-refractivity contribution >= 4 is 11.9 Å². The highest BCUT2D eigenvalue weighted by atomic mass is 16.4. The highest BCUT2D eigenvalue weighted by molar-refractivity contribution is 5.94. The van der Waals surface area contributed by atoms with Crippen LogP contribution in [-0.4, -0.2) is 45.2 Å². The van der Waals surface area contributed by atoms with Gasteiger partial charge in [0.15, 0.2) is 6.04 Å². The summed E-state index contributed by atoms with van der Waals surface area (Å²) in [4.78, 5) is 24.1. The van der Waals surface area contributed by atoms with E-state index in [4.69, 9.17) is 10.4 Å². The molecule has 17 heavy (non-hydrogen) atoms. The van der Waals surface area contributed by atoms with Gasteiger partial charge in [-0.1, -0.05) is 0 Å². The number of β-lactam (4-membered cyclic amide) rings is 1. The minimum Gasteiger partial charge on any atom is -0.479 e. The molecule has 2 rings (SSSR count). The van der Waals surface area contributed by atoms with Crippen LogP contribution < -0.4 is 0 Å². The number of allylic oxidation sites excluding steroid dienone is 1. The molecule has 2 saturated heterocycles. The first-order valence-electron chi connectivity index (χ1n) is 5.30. The molecule has 0 aromatic heterocycles. The van der Waals surface area contributed by atoms with Gasteiger partial charge in [0.25, 0.3) is 0 Å². The van der Waals surface area contributed by atoms with Gasteiger partial charge in [0.2, 0.25) is 5.91 Å². The summed E-state index contributed by atoms with van der Waals surface area (Å²) in [7, 11) is 0. The Labute approximate surface area is 97.8 Å². The van der Waals surface area contributed by atoms with Crippen LogP contribution in [0, 0.1) is 17.2 Å². The van der Waals surface area contributed by atoms with Gasteiger partial charge in [-0.3, -0.25) is 4.79 Å². The zero-order valence-corrected chi connectivity index (χ0v) is 9.20. The Morgan fingerprint density at radius 3 is 2.82 bits per heavy atom. The van der Waals surface area contributed by atoms with Crippen LogP contribution in [0.25, 0.3) is 0 Å². The van der Waals surface area contributed by atoms with Crippen molar-refractivity contribution in [3.63, 3.8) is 0 Å². The summed E-state index contributed by atoms with van der Waals surface area (Å²) in [5.74, 6) is -2.02. The average Bonchev–Trinajstić information content (AvgIpc) is 2.53. The Morgan fingerprint density at radius 2 is 2.35 bits per heavy atom. The Bertz CT molecular complexity index is 449. The van der Waals surface area contributed by atoms with Gasteiger partial charge >= 0.3 is 5.97 Å². The van der Waals surface area contributed by atoms with Gasteiger partial charge in [0.1, 0.15) is 0 Å². The van der Waals surface area contributed by atoms with E-state index in [-0.39, 0.29) is 11.9 Å². The van der Waals surface area contributed by atoms with Crippen LogP contribution in [0.15, 0.2) is 11.6 Å². The van der Waals surface area contributed by atoms with Gasteiger partial charge < -0.3 is 15.1 Å². The number of nitrogens with zero attached hydrogens (tertiary/aromatic N) is 2. The maximum absolute atomic E-state index is 11.7. The molecule has 2 fully saturated rings. The molecule has 0 unspecified atom stereocenters. The summed E-state index contributed by atoms with van der Waals surface area (Å²) in [5.41, 5.74) is 0.432. The Balaban J connectivity index is 2.31. The number of hydrogen-bond acceptors (Lipinski definition) is 4. The fourth-order valence-corrected chi connectivity index (χ4v) is 2.69. The molecule has 0 radical (unpaired) electrons. The summed E-state index contributed by atoms with van der Waals surface area (Å²) in [5, 5.41) is 27.1. The maximum Gasteiger partial charge on any atom is 0.330 e. The van der Waals surface area contributed by atoms with Crippen molar-refractivity contribution in [1.82, 2.24) is 4.90 Å². The Kier molecular flexibility index (Phi) is 2.63. The van der Waals surface area contributed by atoms with E-state index < -0.39 is 24.0 Å². The first kappa shape index (κ1) is 11.6. The molecule has 0 saturated carbocycles. The second-order valence-corrected chi connectivity index (χ2v) is 4.37. The van der Waals surface area contributed by atoms with Crippen molar-refractivity contribution in [3.05, 3.63) is 11.6 Å². The lowest BCUT2D eigenvalue weighted by Gasteiger charge is -2.45. The third-order valence-electron chi connectivity index (χ3n) is 3.39. The number of rotatable bonds is 2. The van der Waals surface area contributed by atoms with E-state index in [2.05, 4.69) is 0 Å². The van der Waals surface area contributed by atoms with E-state index in [0.717, 1.165) is 0 Å². The Morgan fingerprint density at radius 1 is 1.71 bits per heavy atom. The van der Waals surface area contributed by atoms with E-state index >= 15 is 0 Å². The molecule has 2 aliphatic rings. The van der Waals surface area contributed by atoms with Gasteiger partial charge in [0.05, 0.1) is 24.1 Å². The fourth-order valence-electron chi connectivity index (χ4n) is 2.69. The van der Waals surface area contributed by atoms with Crippen molar-refractivity contribution in [2.45, 2.75) is 31.5 Å². The average molecular weight is 236 g/mol. The SMILES string of the molecule is C[C@@H](O)[C@H]1C(=O)N2[C@@H]1C/C(=C\C#N)[C@@H]2C(=O)O. The lowest BCUT2D eigenvalue weighted by molar-refractivity contribution is -0.169. The number of carboxylic acids is 1. The molecule has 0 aromatic carbocycles. The zero-order chi connectivity index (χ0) is 12.7. The van der Waals surface area contributed by atoms with Crippen molar-refractivity contribution < 1.29 is 19.8 Å². The maximum atomic E-state index is 11.7. The lowest BCUT2D eigenvalue weighted by atomic mass is 9.84. The topological polar surface area (TPSA) is 102 Å². The minimum absolute atomic E-state index is 0.289. The molecule has 0 spiro atoms. The van der Waals surface area contributed by atoms with Crippen LogP contribution in [0.1, 0.15) is 13.3 Å². The van der Waals surface area contributed by atoms with Crippen LogP contribution >= 0.6 is 0 Å². The molecule has 6 heteroatoms. The smallest absolute Gasteiger partial charge is 0.330 e. The zero-order valence-electron chi connectivity index (χ0n) is 9.20. The van der Waals surface area contributed by atoms with Gasteiger partial charge in [0, 0.05) is 6.08 Å². The van der Waals surface area contributed by atoms with E-state index in [1.807, 2.05) is 0 Å². The largest absolute Gasteiger partial charge is 0.479 e. The van der Waals surface area contributed by atoms with E-state index in [1.54, 1.807) is 6.07 Å². The number of hydrogen-bond donors (Lipinski definition) is 2. The molecule has 4 atom stereocenters. The van der Waals surface area contributed by atoms with Gasteiger partial charge in [-0.05, 0) is 18.9 Å².